The number of hydrogen-bond acceptors (Lipinski definition) is 9. The fourth-order valence-corrected chi connectivity index (χ4v) is 6.85. The van der Waals surface area contributed by atoms with Gasteiger partial charge in [0, 0.05) is 49.7 Å². The number of carbonyl (C=O) groups is 1. The Hall–Kier alpha value is -2.89. The lowest BCUT2D eigenvalue weighted by Crippen LogP contribution is -2.62. The van der Waals surface area contributed by atoms with Crippen LogP contribution in [-0.4, -0.2) is 94.7 Å². The minimum atomic E-state index is -0.505. The number of carbonyl (C=O) groups excluding carboxylic acids is 1. The van der Waals surface area contributed by atoms with Crippen molar-refractivity contribution in [3.63, 3.8) is 0 Å². The van der Waals surface area contributed by atoms with Crippen LogP contribution < -0.4 is 9.64 Å². The number of rotatable bonds is 11. The molecule has 1 aromatic carbocycles. The predicted octanol–water partition coefficient (Wildman–Crippen LogP) is 4.75. The molecular formula is C31H45FN6O4. The lowest BCUT2D eigenvalue weighted by Gasteiger charge is -2.53. The van der Waals surface area contributed by atoms with Gasteiger partial charge >= 0.3 is 0 Å². The Bertz CT molecular complexity index is 1220. The number of anilines is 1. The summed E-state index contributed by atoms with van der Waals surface area (Å²) in [5, 5.41) is 8.21. The van der Waals surface area contributed by atoms with Crippen LogP contribution in [0.1, 0.15) is 71.2 Å². The van der Waals surface area contributed by atoms with E-state index in [0.717, 1.165) is 45.4 Å². The number of halogens is 1. The summed E-state index contributed by atoms with van der Waals surface area (Å²) in [6.07, 6.45) is 4.37. The number of ether oxygens (including phenoxy) is 3. The number of likely N-dealkylation sites (tertiary alicyclic amines) is 1. The highest BCUT2D eigenvalue weighted by Gasteiger charge is 2.50. The standard InChI is InChI=1S/C31H45FN6O4/c1-20(2)25(8-10-27-40-13-14-41-27)37-17-31(18-37)11-12-36(16-31)28-29(35-34-19-33-28)42-26-9-7-23(32)15-24(26)30(39)38(21(3)4)22(5)6/h7,9,15,19-22,25,27H,8,10-14,16-18H2,1-6H3/t25-/m1/s1. The molecule has 3 saturated heterocycles. The number of benzene rings is 1. The van der Waals surface area contributed by atoms with E-state index < -0.39 is 5.82 Å². The molecule has 0 N–H and O–H groups in total. The average Bonchev–Trinajstić information content (AvgIpc) is 3.60. The molecule has 4 heterocycles. The quantitative estimate of drug-likeness (QED) is 0.371. The van der Waals surface area contributed by atoms with Crippen LogP contribution in [0.25, 0.3) is 0 Å². The first kappa shape index (κ1) is 30.6. The van der Waals surface area contributed by atoms with Gasteiger partial charge in [-0.05, 0) is 71.1 Å². The van der Waals surface area contributed by atoms with Crippen LogP contribution in [0.3, 0.4) is 0 Å². The average molecular weight is 585 g/mol. The van der Waals surface area contributed by atoms with Gasteiger partial charge in [0.05, 0.1) is 18.8 Å². The number of nitrogens with zero attached hydrogens (tertiary/aromatic N) is 6. The van der Waals surface area contributed by atoms with Crippen molar-refractivity contribution in [3.8, 4) is 11.6 Å². The molecule has 11 heteroatoms. The fraction of sp³-hybridized carbons (Fsp3) is 0.677. The van der Waals surface area contributed by atoms with E-state index >= 15 is 0 Å². The molecule has 3 aliphatic heterocycles. The molecule has 3 fully saturated rings. The van der Waals surface area contributed by atoms with Gasteiger partial charge in [0.25, 0.3) is 11.8 Å². The minimum absolute atomic E-state index is 0.0649. The lowest BCUT2D eigenvalue weighted by atomic mass is 9.76. The first-order valence-electron chi connectivity index (χ1n) is 15.3. The second-order valence-electron chi connectivity index (χ2n) is 12.9. The number of aromatic nitrogens is 3. The maximum Gasteiger partial charge on any atom is 0.282 e. The van der Waals surface area contributed by atoms with E-state index in [1.807, 2.05) is 27.7 Å². The van der Waals surface area contributed by atoms with Crippen molar-refractivity contribution in [2.45, 2.75) is 85.2 Å². The summed E-state index contributed by atoms with van der Waals surface area (Å²) in [7, 11) is 0. The van der Waals surface area contributed by atoms with Crippen LogP contribution in [0.2, 0.25) is 0 Å². The first-order chi connectivity index (χ1) is 20.1. The highest BCUT2D eigenvalue weighted by molar-refractivity contribution is 5.97. The largest absolute Gasteiger partial charge is 0.434 e. The summed E-state index contributed by atoms with van der Waals surface area (Å²) >= 11 is 0. The monoisotopic (exact) mass is 584 g/mol. The molecule has 0 radical (unpaired) electrons. The van der Waals surface area contributed by atoms with Gasteiger partial charge < -0.3 is 24.0 Å². The van der Waals surface area contributed by atoms with Gasteiger partial charge in [-0.3, -0.25) is 9.69 Å². The van der Waals surface area contributed by atoms with Gasteiger partial charge in [-0.2, -0.15) is 0 Å². The molecule has 10 nitrogen and oxygen atoms in total. The summed E-state index contributed by atoms with van der Waals surface area (Å²) in [6.45, 7) is 17.4. The Morgan fingerprint density at radius 2 is 1.83 bits per heavy atom. The first-order valence-corrected chi connectivity index (χ1v) is 15.3. The van der Waals surface area contributed by atoms with Crippen LogP contribution in [0.15, 0.2) is 24.5 Å². The van der Waals surface area contributed by atoms with E-state index in [0.29, 0.717) is 31.0 Å². The number of amides is 1. The fourth-order valence-electron chi connectivity index (χ4n) is 6.85. The zero-order valence-corrected chi connectivity index (χ0v) is 25.8. The molecule has 0 aliphatic carbocycles. The van der Waals surface area contributed by atoms with Crippen molar-refractivity contribution in [3.05, 3.63) is 35.9 Å². The van der Waals surface area contributed by atoms with Crippen LogP contribution in [0, 0.1) is 17.2 Å². The maximum absolute atomic E-state index is 14.3. The molecular weight excluding hydrogens is 539 g/mol. The molecule has 5 rings (SSSR count). The van der Waals surface area contributed by atoms with Crippen LogP contribution in [-0.2, 0) is 9.47 Å². The van der Waals surface area contributed by atoms with Gasteiger partial charge in [0.2, 0.25) is 0 Å². The van der Waals surface area contributed by atoms with Gasteiger partial charge in [-0.1, -0.05) is 13.8 Å². The number of hydrogen-bond donors (Lipinski definition) is 0. The van der Waals surface area contributed by atoms with E-state index in [2.05, 4.69) is 38.8 Å². The van der Waals surface area contributed by atoms with E-state index in [1.54, 1.807) is 4.90 Å². The summed E-state index contributed by atoms with van der Waals surface area (Å²) in [4.78, 5) is 24.6. The summed E-state index contributed by atoms with van der Waals surface area (Å²) in [6, 6.07) is 4.35. The Morgan fingerprint density at radius 3 is 2.50 bits per heavy atom. The van der Waals surface area contributed by atoms with E-state index in [1.165, 1.54) is 24.5 Å². The Kier molecular flexibility index (Phi) is 9.29. The molecule has 42 heavy (non-hydrogen) atoms. The van der Waals surface area contributed by atoms with Crippen molar-refractivity contribution in [2.24, 2.45) is 11.3 Å². The normalized spacial score (nSPS) is 19.7. The zero-order valence-electron chi connectivity index (χ0n) is 25.8. The molecule has 1 atom stereocenters. The molecule has 1 aromatic heterocycles. The SMILES string of the molecule is CC(C)[C@@H](CCC1OCCO1)N1CC2(CCN(c3ncnnc3Oc3ccc(F)cc3C(=O)N(C(C)C)C(C)C)C2)C1. The predicted molar refractivity (Wildman–Crippen MR) is 157 cm³/mol. The molecule has 0 unspecified atom stereocenters. The molecule has 3 aliphatic rings. The van der Waals surface area contributed by atoms with E-state index in [4.69, 9.17) is 14.2 Å². The smallest absolute Gasteiger partial charge is 0.282 e. The van der Waals surface area contributed by atoms with Crippen molar-refractivity contribution in [2.75, 3.05) is 44.3 Å². The zero-order chi connectivity index (χ0) is 30.0. The van der Waals surface area contributed by atoms with Crippen LogP contribution >= 0.6 is 0 Å². The molecule has 1 spiro atoms. The van der Waals surface area contributed by atoms with E-state index in [-0.39, 0.29) is 46.9 Å². The second kappa shape index (κ2) is 12.8. The third-order valence-electron chi connectivity index (χ3n) is 8.74. The maximum atomic E-state index is 14.3. The topological polar surface area (TPSA) is 93.1 Å². The minimum Gasteiger partial charge on any atom is -0.434 e. The molecule has 0 bridgehead atoms. The third kappa shape index (κ3) is 6.53. The van der Waals surface area contributed by atoms with Gasteiger partial charge in [0.1, 0.15) is 17.9 Å². The third-order valence-corrected chi connectivity index (χ3v) is 8.74. The van der Waals surface area contributed by atoms with Crippen LogP contribution in [0.5, 0.6) is 11.6 Å². The Balaban J connectivity index is 1.28. The van der Waals surface area contributed by atoms with E-state index in [9.17, 15) is 9.18 Å². The van der Waals surface area contributed by atoms with Gasteiger partial charge in [0.15, 0.2) is 12.1 Å². The molecule has 2 aromatic rings. The molecule has 230 valence electrons. The van der Waals surface area contributed by atoms with Crippen molar-refractivity contribution < 1.29 is 23.4 Å². The summed E-state index contributed by atoms with van der Waals surface area (Å²) < 4.78 is 31.9. The van der Waals surface area contributed by atoms with Crippen molar-refractivity contribution in [1.29, 1.82) is 0 Å². The second-order valence-corrected chi connectivity index (χ2v) is 12.9. The highest BCUT2D eigenvalue weighted by Crippen LogP contribution is 2.44. The van der Waals surface area contributed by atoms with Crippen molar-refractivity contribution in [1.82, 2.24) is 25.0 Å². The van der Waals surface area contributed by atoms with Gasteiger partial charge in [-0.15, -0.1) is 10.2 Å². The Morgan fingerprint density at radius 1 is 1.12 bits per heavy atom. The highest BCUT2D eigenvalue weighted by atomic mass is 19.1. The summed E-state index contributed by atoms with van der Waals surface area (Å²) in [5.41, 5.74) is 0.330. The summed E-state index contributed by atoms with van der Waals surface area (Å²) in [5.74, 6) is 0.771. The van der Waals surface area contributed by atoms with Crippen LogP contribution in [0.4, 0.5) is 10.2 Å². The van der Waals surface area contributed by atoms with Gasteiger partial charge in [-0.25, -0.2) is 9.37 Å². The molecule has 1 amide bonds. The Labute approximate surface area is 248 Å². The van der Waals surface area contributed by atoms with Crippen molar-refractivity contribution >= 4 is 11.7 Å². The lowest BCUT2D eigenvalue weighted by molar-refractivity contribution is -0.0689. The molecule has 0 saturated carbocycles.